The molecule has 0 fully saturated rings. The van der Waals surface area contributed by atoms with E-state index >= 15 is 0 Å². The highest BCUT2D eigenvalue weighted by molar-refractivity contribution is 6.32. The van der Waals surface area contributed by atoms with E-state index in [9.17, 15) is 0 Å². The number of nitrogens with zero attached hydrogens (tertiary/aromatic N) is 6. The lowest BCUT2D eigenvalue weighted by Gasteiger charge is -2.08. The van der Waals surface area contributed by atoms with Gasteiger partial charge in [-0.15, -0.1) is 0 Å². The van der Waals surface area contributed by atoms with Crippen molar-refractivity contribution in [2.24, 2.45) is 21.1 Å². The first-order valence-electron chi connectivity index (χ1n) is 34.8. The summed E-state index contributed by atoms with van der Waals surface area (Å²) in [6.07, 6.45) is 0. The molecule has 9 aromatic heterocycles. The van der Waals surface area contributed by atoms with Crippen LogP contribution < -0.4 is 0 Å². The predicted octanol–water partition coefficient (Wildman–Crippen LogP) is 25.0. The van der Waals surface area contributed by atoms with Crippen LogP contribution in [0, 0.1) is 0 Å². The number of benzene rings is 15. The monoisotopic (exact) mass is 1310 g/mol. The van der Waals surface area contributed by atoms with Crippen LogP contribution >= 0.6 is 0 Å². The molecule has 24 rings (SSSR count). The van der Waals surface area contributed by atoms with Crippen LogP contribution in [0.5, 0.6) is 0 Å². The standard InChI is InChI=1S/3C31H20N2O/c1-32-23-13-5-2-10-21(23)29-25(32)17-18-26-30(29)22-11-3-6-14-24(22)33(26)27-15-8-12-20-19-9-4-7-16-28(19)34-31(20)27;1-32-24-11-5-2-9-21(24)30-26(32)15-16-27-31(30)22-10-3-6-12-25(22)33(27)19-14-17-29-23(18-19)20-8-4-7-13-28(20)34-29;1-32-24-11-5-2-9-22(24)30-26(32)16-17-27-31(30)23-10-3-6-12-25(23)33(27)19-14-15-21-20-8-4-7-13-28(20)34-29(21)18-19/h3*2-18H,1H3. The lowest BCUT2D eigenvalue weighted by atomic mass is 10.1. The number of fused-ring (bicyclic) bond motifs is 30. The molecule has 0 saturated heterocycles. The van der Waals surface area contributed by atoms with Crippen molar-refractivity contribution in [1.29, 1.82) is 0 Å². The summed E-state index contributed by atoms with van der Waals surface area (Å²) in [5.41, 5.74) is 23.6. The summed E-state index contributed by atoms with van der Waals surface area (Å²) < 4.78 is 32.8. The highest BCUT2D eigenvalue weighted by Crippen LogP contribution is 2.47. The number of aryl methyl sites for hydroxylation is 3. The fourth-order valence-electron chi connectivity index (χ4n) is 17.6. The second-order valence-electron chi connectivity index (χ2n) is 27.2. The molecule has 0 aliphatic heterocycles. The van der Waals surface area contributed by atoms with Crippen molar-refractivity contribution in [1.82, 2.24) is 27.4 Å². The third kappa shape index (κ3) is 7.81. The minimum Gasteiger partial charge on any atom is -0.456 e. The van der Waals surface area contributed by atoms with Gasteiger partial charge in [0.1, 0.15) is 27.9 Å². The van der Waals surface area contributed by atoms with Crippen LogP contribution in [0.3, 0.4) is 0 Å². The number of hydrogen-bond acceptors (Lipinski definition) is 3. The van der Waals surface area contributed by atoms with E-state index in [1.165, 1.54) is 131 Å². The number of aromatic nitrogens is 6. The predicted molar refractivity (Wildman–Crippen MR) is 426 cm³/mol. The molecule has 0 amide bonds. The maximum absolute atomic E-state index is 6.44. The van der Waals surface area contributed by atoms with Gasteiger partial charge in [-0.05, 0) is 127 Å². The van der Waals surface area contributed by atoms with E-state index in [4.69, 9.17) is 13.3 Å². The molecule has 0 unspecified atom stereocenters. The molecule has 0 spiro atoms. The van der Waals surface area contributed by atoms with Crippen molar-refractivity contribution < 1.29 is 13.3 Å². The molecule has 0 bridgehead atoms. The van der Waals surface area contributed by atoms with Crippen LogP contribution in [-0.4, -0.2) is 27.4 Å². The van der Waals surface area contributed by atoms with Crippen molar-refractivity contribution in [2.45, 2.75) is 0 Å². The molecular formula is C93H60N6O3. The number of furan rings is 3. The van der Waals surface area contributed by atoms with E-state index in [-0.39, 0.29) is 0 Å². The molecule has 24 aromatic rings. The summed E-state index contributed by atoms with van der Waals surface area (Å²) in [5, 5.41) is 22.4. The SMILES string of the molecule is Cn1c2ccccc2c2c3c4ccccc4n(-c4ccc5c(c4)oc4ccccc45)c3ccc21.Cn1c2ccccc2c2c3c4ccccc4n(-c4ccc5oc6ccccc6c5c4)c3ccc21.Cn1c2ccccc2c2c3c4ccccc4n(-c4cccc5c4oc4ccccc45)c3ccc21. The maximum Gasteiger partial charge on any atom is 0.159 e. The molecule has 0 atom stereocenters. The Morgan fingerprint density at radius 1 is 0.186 bits per heavy atom. The van der Waals surface area contributed by atoms with E-state index in [0.29, 0.717) is 0 Å². The molecule has 9 heteroatoms. The Bertz CT molecular complexity index is 7680. The van der Waals surface area contributed by atoms with E-state index in [1.54, 1.807) is 0 Å². The van der Waals surface area contributed by atoms with Gasteiger partial charge in [-0.1, -0.05) is 176 Å². The highest BCUT2D eigenvalue weighted by atomic mass is 16.3. The molecular weight excluding hydrogens is 1250 g/mol. The van der Waals surface area contributed by atoms with Gasteiger partial charge in [0.05, 0.1) is 38.8 Å². The second-order valence-corrected chi connectivity index (χ2v) is 27.2. The van der Waals surface area contributed by atoms with Crippen molar-refractivity contribution >= 4 is 197 Å². The van der Waals surface area contributed by atoms with Crippen LogP contribution in [0.15, 0.2) is 323 Å². The van der Waals surface area contributed by atoms with Gasteiger partial charge in [0.2, 0.25) is 0 Å². The summed E-state index contributed by atoms with van der Waals surface area (Å²) in [6.45, 7) is 0. The van der Waals surface area contributed by atoms with Gasteiger partial charge >= 0.3 is 0 Å². The smallest absolute Gasteiger partial charge is 0.159 e. The quantitative estimate of drug-likeness (QED) is 0.177. The normalized spacial score (nSPS) is 12.3. The van der Waals surface area contributed by atoms with Crippen molar-refractivity contribution in [2.75, 3.05) is 0 Å². The molecule has 480 valence electrons. The van der Waals surface area contributed by atoms with Crippen molar-refractivity contribution in [3.8, 4) is 17.1 Å². The maximum atomic E-state index is 6.44. The van der Waals surface area contributed by atoms with Crippen LogP contribution in [0.1, 0.15) is 0 Å². The van der Waals surface area contributed by atoms with Gasteiger partial charge in [-0.3, -0.25) is 0 Å². The first-order chi connectivity index (χ1) is 50.4. The largest absolute Gasteiger partial charge is 0.456 e. The Balaban J connectivity index is 0.0000000967. The first kappa shape index (κ1) is 56.5. The van der Waals surface area contributed by atoms with E-state index < -0.39 is 0 Å². The molecule has 0 radical (unpaired) electrons. The molecule has 9 nitrogen and oxygen atoms in total. The van der Waals surface area contributed by atoms with Gasteiger partial charge in [0, 0.05) is 169 Å². The minimum absolute atomic E-state index is 0.913. The summed E-state index contributed by atoms with van der Waals surface area (Å²) >= 11 is 0. The second kappa shape index (κ2) is 21.3. The van der Waals surface area contributed by atoms with Gasteiger partial charge < -0.3 is 40.7 Å². The van der Waals surface area contributed by atoms with Crippen LogP contribution in [0.2, 0.25) is 0 Å². The molecule has 15 aromatic carbocycles. The van der Waals surface area contributed by atoms with Crippen molar-refractivity contribution in [3.63, 3.8) is 0 Å². The Morgan fingerprint density at radius 2 is 0.490 bits per heavy atom. The lowest BCUT2D eigenvalue weighted by Crippen LogP contribution is -1.94. The van der Waals surface area contributed by atoms with Crippen LogP contribution in [0.25, 0.3) is 214 Å². The fourth-order valence-corrected chi connectivity index (χ4v) is 17.6. The Hall–Kier alpha value is -13.5. The molecule has 9 heterocycles. The Kier molecular flexibility index (Phi) is 11.8. The summed E-state index contributed by atoms with van der Waals surface area (Å²) in [4.78, 5) is 0. The number of para-hydroxylation sites is 10. The van der Waals surface area contributed by atoms with E-state index in [2.05, 4.69) is 322 Å². The Morgan fingerprint density at radius 3 is 0.971 bits per heavy atom. The average molecular weight is 1310 g/mol. The van der Waals surface area contributed by atoms with E-state index in [0.717, 1.165) is 82.9 Å². The van der Waals surface area contributed by atoms with Gasteiger partial charge in [0.15, 0.2) is 5.58 Å². The van der Waals surface area contributed by atoms with Crippen molar-refractivity contribution in [3.05, 3.63) is 309 Å². The number of hydrogen-bond donors (Lipinski definition) is 0. The summed E-state index contributed by atoms with van der Waals surface area (Å²) in [7, 11) is 6.48. The topological polar surface area (TPSA) is 69.0 Å². The molecule has 0 aliphatic carbocycles. The van der Waals surface area contributed by atoms with Crippen LogP contribution in [0.4, 0.5) is 0 Å². The average Bonchev–Trinajstić information content (AvgIpc) is 1.56. The zero-order chi connectivity index (χ0) is 67.2. The lowest BCUT2D eigenvalue weighted by molar-refractivity contribution is 0.666. The van der Waals surface area contributed by atoms with Gasteiger partial charge in [0.25, 0.3) is 0 Å². The Labute approximate surface area is 581 Å². The molecule has 0 aliphatic rings. The number of rotatable bonds is 3. The minimum atomic E-state index is 0.913. The first-order valence-corrected chi connectivity index (χ1v) is 34.8. The van der Waals surface area contributed by atoms with E-state index in [1.807, 2.05) is 36.4 Å². The molecule has 102 heavy (non-hydrogen) atoms. The third-order valence-electron chi connectivity index (χ3n) is 22.0. The van der Waals surface area contributed by atoms with Crippen LogP contribution in [-0.2, 0) is 21.1 Å². The summed E-state index contributed by atoms with van der Waals surface area (Å²) in [5.74, 6) is 0. The molecule has 0 saturated carbocycles. The zero-order valence-electron chi connectivity index (χ0n) is 55.9. The fraction of sp³-hybridized carbons (Fsp3) is 0.0323. The van der Waals surface area contributed by atoms with Gasteiger partial charge in [-0.2, -0.15) is 0 Å². The molecule has 0 N–H and O–H groups in total. The summed E-state index contributed by atoms with van der Waals surface area (Å²) in [6, 6.07) is 110. The van der Waals surface area contributed by atoms with Gasteiger partial charge in [-0.25, -0.2) is 0 Å². The highest BCUT2D eigenvalue weighted by Gasteiger charge is 2.25. The zero-order valence-corrected chi connectivity index (χ0v) is 55.9. The third-order valence-corrected chi connectivity index (χ3v) is 22.0.